The molecule has 0 saturated carbocycles. The van der Waals surface area contributed by atoms with Crippen LogP contribution in [0, 0.1) is 0 Å². The summed E-state index contributed by atoms with van der Waals surface area (Å²) in [6, 6.07) is 21.9. The highest BCUT2D eigenvalue weighted by atomic mass is 16.3. The lowest BCUT2D eigenvalue weighted by Gasteiger charge is -2.40. The second-order valence-corrected chi connectivity index (χ2v) is 8.69. The van der Waals surface area contributed by atoms with Crippen LogP contribution in [0.4, 0.5) is 11.4 Å². The van der Waals surface area contributed by atoms with E-state index in [9.17, 15) is 9.59 Å². The summed E-state index contributed by atoms with van der Waals surface area (Å²) in [5.74, 6) is 0.0207. The number of benzene rings is 2. The first-order valence-corrected chi connectivity index (χ1v) is 11.5. The molecular weight excluding hydrogens is 414 g/mol. The van der Waals surface area contributed by atoms with Gasteiger partial charge < -0.3 is 19.5 Å². The number of hydrogen-bond donors (Lipinski definition) is 1. The molecule has 6 nitrogen and oxygen atoms in total. The Morgan fingerprint density at radius 3 is 2.48 bits per heavy atom. The molecule has 2 aromatic carbocycles. The van der Waals surface area contributed by atoms with Crippen LogP contribution < -0.4 is 10.2 Å². The van der Waals surface area contributed by atoms with Crippen molar-refractivity contribution < 1.29 is 14.0 Å². The third-order valence-electron chi connectivity index (χ3n) is 6.26. The molecule has 1 N–H and O–H groups in total. The molecule has 2 amide bonds. The quantitative estimate of drug-likeness (QED) is 0.557. The molecule has 0 spiro atoms. The van der Waals surface area contributed by atoms with E-state index >= 15 is 0 Å². The van der Waals surface area contributed by atoms with Gasteiger partial charge in [-0.15, -0.1) is 0 Å². The smallest absolute Gasteiger partial charge is 0.294 e. The molecule has 0 aliphatic carbocycles. The summed E-state index contributed by atoms with van der Waals surface area (Å²) in [5.41, 5.74) is 2.78. The van der Waals surface area contributed by atoms with Gasteiger partial charge in [-0.2, -0.15) is 0 Å². The van der Waals surface area contributed by atoms with Crippen molar-refractivity contribution in [1.29, 1.82) is 0 Å². The van der Waals surface area contributed by atoms with Gasteiger partial charge in [-0.25, -0.2) is 0 Å². The third kappa shape index (κ3) is 5.71. The van der Waals surface area contributed by atoms with Crippen molar-refractivity contribution in [2.75, 3.05) is 23.3 Å². The molecule has 2 heterocycles. The summed E-state index contributed by atoms with van der Waals surface area (Å²) in [4.78, 5) is 29.3. The van der Waals surface area contributed by atoms with Gasteiger partial charge in [-0.05, 0) is 62.1 Å². The number of likely N-dealkylation sites (tertiary alicyclic amines) is 1. The predicted octanol–water partition coefficient (Wildman–Crippen LogP) is 4.98. The van der Waals surface area contributed by atoms with Crippen molar-refractivity contribution in [3.8, 4) is 0 Å². The second kappa shape index (κ2) is 10.5. The Kier molecular flexibility index (Phi) is 7.25. The summed E-state index contributed by atoms with van der Waals surface area (Å²) in [5, 5.41) is 2.81. The molecule has 1 aromatic heterocycles. The van der Waals surface area contributed by atoms with Gasteiger partial charge in [-0.1, -0.05) is 36.4 Å². The van der Waals surface area contributed by atoms with Gasteiger partial charge in [0.25, 0.3) is 5.91 Å². The number of carbonyl (C=O) groups is 2. The van der Waals surface area contributed by atoms with Crippen LogP contribution in [-0.2, 0) is 11.2 Å². The number of rotatable bonds is 7. The first kappa shape index (κ1) is 22.8. The van der Waals surface area contributed by atoms with E-state index in [0.717, 1.165) is 38.0 Å². The lowest BCUT2D eigenvalue weighted by molar-refractivity contribution is -0.114. The maximum Gasteiger partial charge on any atom is 0.294 e. The topological polar surface area (TPSA) is 65.8 Å². The number of furan rings is 1. The summed E-state index contributed by atoms with van der Waals surface area (Å²) in [6.45, 7) is 5.60. The van der Waals surface area contributed by atoms with Crippen LogP contribution in [0.5, 0.6) is 0 Å². The Bertz CT molecular complexity index is 1060. The second-order valence-electron chi connectivity index (χ2n) is 8.69. The molecule has 4 rings (SSSR count). The average molecular weight is 446 g/mol. The molecule has 1 aliphatic heterocycles. The fraction of sp³-hybridized carbons (Fsp3) is 0.333. The normalized spacial score (nSPS) is 15.7. The number of nitrogens with zero attached hydrogens (tertiary/aromatic N) is 2. The van der Waals surface area contributed by atoms with Crippen molar-refractivity contribution in [2.45, 2.75) is 45.2 Å². The standard InChI is InChI=1S/C27H31N3O3/c1-20(18-22-8-4-3-5-9-22)29-15-13-24(14-16-29)30(27(32)26-12-7-17-33-26)25-11-6-10-23(19-25)28-21(2)31/h3-12,17,19-20,24H,13-16,18H2,1-2H3,(H,28,31). The fourth-order valence-corrected chi connectivity index (χ4v) is 4.62. The Morgan fingerprint density at radius 2 is 1.82 bits per heavy atom. The first-order chi connectivity index (χ1) is 16.0. The molecule has 0 radical (unpaired) electrons. The van der Waals surface area contributed by atoms with Crippen molar-refractivity contribution in [3.63, 3.8) is 0 Å². The van der Waals surface area contributed by atoms with Gasteiger partial charge in [0.2, 0.25) is 5.91 Å². The number of hydrogen-bond acceptors (Lipinski definition) is 4. The van der Waals surface area contributed by atoms with Gasteiger partial charge >= 0.3 is 0 Å². The van der Waals surface area contributed by atoms with E-state index in [4.69, 9.17) is 4.42 Å². The fourth-order valence-electron chi connectivity index (χ4n) is 4.62. The SMILES string of the molecule is CC(=O)Nc1cccc(N(C(=O)c2ccco2)C2CCN(C(C)Cc3ccccc3)CC2)c1. The average Bonchev–Trinajstić information content (AvgIpc) is 3.35. The van der Waals surface area contributed by atoms with Gasteiger partial charge in [-0.3, -0.25) is 9.59 Å². The van der Waals surface area contributed by atoms with Crippen LogP contribution in [0.25, 0.3) is 0 Å². The molecule has 1 fully saturated rings. The maximum atomic E-state index is 13.4. The monoisotopic (exact) mass is 445 g/mol. The van der Waals surface area contributed by atoms with Crippen LogP contribution in [0.1, 0.15) is 42.8 Å². The van der Waals surface area contributed by atoms with E-state index in [2.05, 4.69) is 41.4 Å². The zero-order valence-corrected chi connectivity index (χ0v) is 19.2. The molecule has 1 unspecified atom stereocenters. The number of carbonyl (C=O) groups excluding carboxylic acids is 2. The minimum Gasteiger partial charge on any atom is -0.459 e. The number of nitrogens with one attached hydrogen (secondary N) is 1. The van der Waals surface area contributed by atoms with Crippen molar-refractivity contribution in [1.82, 2.24) is 4.90 Å². The Labute approximate surface area is 195 Å². The summed E-state index contributed by atoms with van der Waals surface area (Å²) >= 11 is 0. The number of anilines is 2. The first-order valence-electron chi connectivity index (χ1n) is 11.5. The van der Waals surface area contributed by atoms with Gasteiger partial charge in [0.15, 0.2) is 5.76 Å². The Hall–Kier alpha value is -3.38. The van der Waals surface area contributed by atoms with Gasteiger partial charge in [0.1, 0.15) is 0 Å². The van der Waals surface area contributed by atoms with E-state index < -0.39 is 0 Å². The molecule has 0 bridgehead atoms. The highest BCUT2D eigenvalue weighted by molar-refractivity contribution is 6.05. The largest absolute Gasteiger partial charge is 0.459 e. The summed E-state index contributed by atoms with van der Waals surface area (Å²) < 4.78 is 5.44. The van der Waals surface area contributed by atoms with Crippen LogP contribution in [0.2, 0.25) is 0 Å². The van der Waals surface area contributed by atoms with Crippen molar-refractivity contribution in [2.24, 2.45) is 0 Å². The summed E-state index contributed by atoms with van der Waals surface area (Å²) in [7, 11) is 0. The molecule has 3 aromatic rings. The minimum absolute atomic E-state index is 0.0513. The lowest BCUT2D eigenvalue weighted by atomic mass is 9.98. The zero-order valence-electron chi connectivity index (χ0n) is 19.2. The molecule has 1 aliphatic rings. The third-order valence-corrected chi connectivity index (χ3v) is 6.26. The summed E-state index contributed by atoms with van der Waals surface area (Å²) in [6.07, 6.45) is 4.28. The molecule has 33 heavy (non-hydrogen) atoms. The molecule has 172 valence electrons. The van der Waals surface area contributed by atoms with Gasteiger partial charge in [0, 0.05) is 43.5 Å². The highest BCUT2D eigenvalue weighted by Gasteiger charge is 2.32. The van der Waals surface area contributed by atoms with Crippen LogP contribution in [0.15, 0.2) is 77.4 Å². The van der Waals surface area contributed by atoms with E-state index in [1.807, 2.05) is 35.2 Å². The Morgan fingerprint density at radius 1 is 1.06 bits per heavy atom. The maximum absolute atomic E-state index is 13.4. The molecule has 1 atom stereocenters. The van der Waals surface area contributed by atoms with Crippen molar-refractivity contribution >= 4 is 23.2 Å². The van der Waals surface area contributed by atoms with Gasteiger partial charge in [0.05, 0.1) is 6.26 Å². The molecule has 6 heteroatoms. The zero-order chi connectivity index (χ0) is 23.2. The van der Waals surface area contributed by atoms with E-state index in [0.29, 0.717) is 17.5 Å². The number of piperidine rings is 1. The molecular formula is C27H31N3O3. The molecule has 1 saturated heterocycles. The van der Waals surface area contributed by atoms with E-state index in [1.165, 1.54) is 18.8 Å². The van der Waals surface area contributed by atoms with Crippen LogP contribution >= 0.6 is 0 Å². The van der Waals surface area contributed by atoms with Crippen LogP contribution in [0.3, 0.4) is 0 Å². The lowest BCUT2D eigenvalue weighted by Crippen LogP contribution is -2.50. The highest BCUT2D eigenvalue weighted by Crippen LogP contribution is 2.29. The minimum atomic E-state index is -0.157. The Balaban J connectivity index is 1.50. The predicted molar refractivity (Wildman–Crippen MR) is 130 cm³/mol. The van der Waals surface area contributed by atoms with E-state index in [1.54, 1.807) is 12.1 Å². The number of amides is 2. The van der Waals surface area contributed by atoms with Crippen LogP contribution in [-0.4, -0.2) is 41.9 Å². The van der Waals surface area contributed by atoms with Crippen molar-refractivity contribution in [3.05, 3.63) is 84.3 Å². The van der Waals surface area contributed by atoms with E-state index in [-0.39, 0.29) is 17.9 Å².